The van der Waals surface area contributed by atoms with E-state index in [9.17, 15) is 0 Å². The quantitative estimate of drug-likeness (QED) is 0.325. The minimum absolute atomic E-state index is 0.0729. The third-order valence-electron chi connectivity index (χ3n) is 3.67. The number of benzene rings is 1. The number of nitrogens with two attached hydrogens (primary N) is 1. The van der Waals surface area contributed by atoms with Crippen LogP contribution >= 0.6 is 11.6 Å². The zero-order valence-corrected chi connectivity index (χ0v) is 11.8. The molecule has 2 rings (SSSR count). The first-order chi connectivity index (χ1) is 9.11. The minimum atomic E-state index is 0.0729. The molecule has 4 nitrogen and oxygen atoms in total. The van der Waals surface area contributed by atoms with E-state index in [0.29, 0.717) is 10.6 Å². The summed E-state index contributed by atoms with van der Waals surface area (Å²) in [4.78, 5) is 0. The predicted octanol–water partition coefficient (Wildman–Crippen LogP) is 2.57. The molecule has 1 unspecified atom stereocenters. The number of oxime groups is 1. The molecule has 19 heavy (non-hydrogen) atoms. The van der Waals surface area contributed by atoms with Gasteiger partial charge in [-0.15, -0.1) is 0 Å². The Morgan fingerprint density at radius 1 is 1.58 bits per heavy atom. The largest absolute Gasteiger partial charge is 0.409 e. The van der Waals surface area contributed by atoms with Gasteiger partial charge < -0.3 is 16.3 Å². The Kier molecular flexibility index (Phi) is 4.66. The highest BCUT2D eigenvalue weighted by molar-refractivity contribution is 6.31. The van der Waals surface area contributed by atoms with Crippen molar-refractivity contribution >= 4 is 17.4 Å². The zero-order valence-electron chi connectivity index (χ0n) is 11.1. The van der Waals surface area contributed by atoms with E-state index in [0.717, 1.165) is 30.5 Å². The van der Waals surface area contributed by atoms with Crippen LogP contribution < -0.4 is 11.1 Å². The van der Waals surface area contributed by atoms with Gasteiger partial charge in [0.1, 0.15) is 0 Å². The fourth-order valence-corrected chi connectivity index (χ4v) is 2.42. The number of hydrogen-bond donors (Lipinski definition) is 3. The Bertz CT molecular complexity index is 472. The normalized spacial score (nSPS) is 17.5. The first-order valence-corrected chi connectivity index (χ1v) is 6.96. The van der Waals surface area contributed by atoms with Gasteiger partial charge >= 0.3 is 0 Å². The van der Waals surface area contributed by atoms with Crippen molar-refractivity contribution < 1.29 is 5.21 Å². The zero-order chi connectivity index (χ0) is 13.8. The number of halogens is 1. The highest BCUT2D eigenvalue weighted by atomic mass is 35.5. The van der Waals surface area contributed by atoms with Gasteiger partial charge in [-0.25, -0.2) is 0 Å². The van der Waals surface area contributed by atoms with Gasteiger partial charge in [0.25, 0.3) is 0 Å². The predicted molar refractivity (Wildman–Crippen MR) is 77.6 cm³/mol. The fourth-order valence-electron chi connectivity index (χ4n) is 2.17. The van der Waals surface area contributed by atoms with Crippen LogP contribution in [0.2, 0.25) is 5.02 Å². The second kappa shape index (κ2) is 6.26. The van der Waals surface area contributed by atoms with Gasteiger partial charge in [0.2, 0.25) is 0 Å². The minimum Gasteiger partial charge on any atom is -0.409 e. The van der Waals surface area contributed by atoms with Crippen LogP contribution in [-0.4, -0.2) is 17.6 Å². The number of amidine groups is 1. The topological polar surface area (TPSA) is 70.6 Å². The average Bonchev–Trinajstić information content (AvgIpc) is 3.23. The van der Waals surface area contributed by atoms with E-state index in [-0.39, 0.29) is 5.84 Å². The molecule has 104 valence electrons. The molecular formula is C14H20ClN3O. The van der Waals surface area contributed by atoms with Gasteiger partial charge in [0.15, 0.2) is 5.84 Å². The maximum atomic E-state index is 8.62. The molecule has 1 saturated carbocycles. The molecule has 1 aliphatic rings. The molecule has 0 bridgehead atoms. The van der Waals surface area contributed by atoms with Gasteiger partial charge in [-0.1, -0.05) is 35.8 Å². The van der Waals surface area contributed by atoms with Gasteiger partial charge in [0.05, 0.1) is 0 Å². The molecule has 0 saturated heterocycles. The summed E-state index contributed by atoms with van der Waals surface area (Å²) in [5, 5.41) is 15.6. The van der Waals surface area contributed by atoms with Gasteiger partial charge in [-0.3, -0.25) is 0 Å². The van der Waals surface area contributed by atoms with E-state index in [4.69, 9.17) is 22.5 Å². The van der Waals surface area contributed by atoms with E-state index >= 15 is 0 Å². The first-order valence-electron chi connectivity index (χ1n) is 6.59. The monoisotopic (exact) mass is 281 g/mol. The number of nitrogens with zero attached hydrogens (tertiary/aromatic N) is 1. The molecule has 0 aromatic heterocycles. The summed E-state index contributed by atoms with van der Waals surface area (Å²) >= 11 is 6.19. The summed E-state index contributed by atoms with van der Waals surface area (Å²) in [5.74, 6) is 1.71. The van der Waals surface area contributed by atoms with Crippen LogP contribution in [0.4, 0.5) is 0 Å². The lowest BCUT2D eigenvalue weighted by molar-refractivity contribution is 0.318. The van der Waals surface area contributed by atoms with E-state index in [2.05, 4.69) is 17.4 Å². The van der Waals surface area contributed by atoms with Crippen LogP contribution in [0, 0.1) is 11.8 Å². The third-order valence-corrected chi connectivity index (χ3v) is 4.02. The molecule has 0 heterocycles. The molecule has 0 amide bonds. The summed E-state index contributed by atoms with van der Waals surface area (Å²) in [6.07, 6.45) is 2.75. The second-order valence-electron chi connectivity index (χ2n) is 5.24. The van der Waals surface area contributed by atoms with Crippen molar-refractivity contribution in [2.24, 2.45) is 22.7 Å². The van der Waals surface area contributed by atoms with Crippen LogP contribution in [0.15, 0.2) is 23.4 Å². The summed E-state index contributed by atoms with van der Waals surface area (Å²) < 4.78 is 0. The Labute approximate surface area is 118 Å². The van der Waals surface area contributed by atoms with E-state index in [1.54, 1.807) is 6.07 Å². The van der Waals surface area contributed by atoms with Gasteiger partial charge in [-0.2, -0.15) is 0 Å². The molecule has 5 heteroatoms. The molecule has 1 aromatic rings. The van der Waals surface area contributed by atoms with Crippen LogP contribution in [0.1, 0.15) is 30.9 Å². The number of nitrogens with one attached hydrogen (secondary N) is 1. The maximum absolute atomic E-state index is 8.62. The van der Waals surface area contributed by atoms with Crippen molar-refractivity contribution in [1.82, 2.24) is 5.32 Å². The molecule has 0 radical (unpaired) electrons. The van der Waals surface area contributed by atoms with Crippen molar-refractivity contribution in [1.29, 1.82) is 0 Å². The van der Waals surface area contributed by atoms with Crippen molar-refractivity contribution in [3.8, 4) is 0 Å². The Morgan fingerprint density at radius 3 is 2.89 bits per heavy atom. The van der Waals surface area contributed by atoms with Crippen molar-refractivity contribution in [2.75, 3.05) is 6.54 Å². The summed E-state index contributed by atoms with van der Waals surface area (Å²) in [7, 11) is 0. The van der Waals surface area contributed by atoms with E-state index in [1.807, 2.05) is 12.1 Å². The van der Waals surface area contributed by atoms with Crippen LogP contribution in [-0.2, 0) is 6.54 Å². The summed E-state index contributed by atoms with van der Waals surface area (Å²) in [6, 6.07) is 5.44. The first kappa shape index (κ1) is 14.2. The molecule has 0 aliphatic heterocycles. The van der Waals surface area contributed by atoms with Crippen molar-refractivity contribution in [2.45, 2.75) is 26.3 Å². The highest BCUT2D eigenvalue weighted by Crippen LogP contribution is 2.36. The van der Waals surface area contributed by atoms with Crippen molar-refractivity contribution in [3.63, 3.8) is 0 Å². The SMILES string of the molecule is CC(CNCc1ccc(/C(N)=N/O)cc1Cl)C1CC1. The summed E-state index contributed by atoms with van der Waals surface area (Å²) in [6.45, 7) is 4.04. The Morgan fingerprint density at radius 2 is 2.32 bits per heavy atom. The lowest BCUT2D eigenvalue weighted by Gasteiger charge is -2.12. The second-order valence-corrected chi connectivity index (χ2v) is 5.64. The fraction of sp³-hybridized carbons (Fsp3) is 0.500. The average molecular weight is 282 g/mol. The van der Waals surface area contributed by atoms with Crippen LogP contribution in [0.25, 0.3) is 0 Å². The lowest BCUT2D eigenvalue weighted by atomic mass is 10.1. The number of hydrogen-bond acceptors (Lipinski definition) is 3. The molecule has 0 spiro atoms. The third kappa shape index (κ3) is 3.85. The van der Waals surface area contributed by atoms with Crippen molar-refractivity contribution in [3.05, 3.63) is 34.3 Å². The molecule has 1 aromatic carbocycles. The molecule has 1 aliphatic carbocycles. The number of rotatable bonds is 6. The maximum Gasteiger partial charge on any atom is 0.170 e. The smallest absolute Gasteiger partial charge is 0.170 e. The molecule has 1 fully saturated rings. The molecular weight excluding hydrogens is 262 g/mol. The lowest BCUT2D eigenvalue weighted by Crippen LogP contribution is -2.22. The van der Waals surface area contributed by atoms with Gasteiger partial charge in [0, 0.05) is 17.1 Å². The van der Waals surface area contributed by atoms with E-state index < -0.39 is 0 Å². The highest BCUT2D eigenvalue weighted by Gasteiger charge is 2.27. The standard InChI is InChI=1S/C14H20ClN3O/c1-9(10-2-3-10)7-17-8-12-5-4-11(6-13(12)15)14(16)18-19/h4-6,9-10,17,19H,2-3,7-8H2,1H3,(H2,16,18). The summed E-state index contributed by atoms with van der Waals surface area (Å²) in [5.41, 5.74) is 7.17. The van der Waals surface area contributed by atoms with Gasteiger partial charge in [-0.05, 0) is 42.9 Å². The Hall–Kier alpha value is -1.26. The van der Waals surface area contributed by atoms with Crippen LogP contribution in [0.5, 0.6) is 0 Å². The molecule has 4 N–H and O–H groups in total. The van der Waals surface area contributed by atoms with Crippen LogP contribution in [0.3, 0.4) is 0 Å². The van der Waals surface area contributed by atoms with E-state index in [1.165, 1.54) is 12.8 Å². The molecule has 1 atom stereocenters. The Balaban J connectivity index is 1.89.